The largest absolute Gasteiger partial charge is 0.168 e. The summed E-state index contributed by atoms with van der Waals surface area (Å²) < 4.78 is 2.00. The number of benzene rings is 2. The molecule has 0 heterocycles. The van der Waals surface area contributed by atoms with Crippen LogP contribution in [-0.4, -0.2) is 4.31 Å². The first-order valence-corrected chi connectivity index (χ1v) is 7.91. The third kappa shape index (κ3) is 4.63. The Kier molecular flexibility index (Phi) is 6.34. The minimum absolute atomic E-state index is 1.33. The van der Waals surface area contributed by atoms with Crippen molar-refractivity contribution < 1.29 is 20.0 Å². The van der Waals surface area contributed by atoms with Crippen LogP contribution in [0.4, 0.5) is 0 Å². The van der Waals surface area contributed by atoms with Crippen molar-refractivity contribution in [3.63, 3.8) is 0 Å². The zero-order valence-electron chi connectivity index (χ0n) is 12.2. The predicted molar refractivity (Wildman–Crippen MR) is 90.8 cm³/mol. The van der Waals surface area contributed by atoms with Gasteiger partial charge in [-0.3, -0.25) is 0 Å². The first kappa shape index (κ1) is 15.6. The summed E-state index contributed by atoms with van der Waals surface area (Å²) in [4.78, 5) is 0. The molecule has 0 aliphatic carbocycles. The van der Waals surface area contributed by atoms with E-state index in [1.165, 1.54) is 21.5 Å². The molecule has 4 aromatic carbocycles. The quantitative estimate of drug-likeness (QED) is 0.298. The van der Waals surface area contributed by atoms with Crippen LogP contribution in [0.2, 0.25) is 0 Å². The molecule has 0 aliphatic heterocycles. The summed E-state index contributed by atoms with van der Waals surface area (Å²) in [5.74, 6) is 0. The van der Waals surface area contributed by atoms with E-state index in [0.717, 1.165) is 0 Å². The maximum Gasteiger partial charge on any atom is -0.0809 e. The van der Waals surface area contributed by atoms with Crippen LogP contribution in [0.5, 0.6) is 0 Å². The van der Waals surface area contributed by atoms with E-state index in [0.29, 0.717) is 0 Å². The third-order valence-corrected chi connectivity index (χ3v) is 3.10. The zero-order valence-corrected chi connectivity index (χ0v) is 13.7. The molecule has 0 N–H and O–H groups in total. The summed E-state index contributed by atoms with van der Waals surface area (Å²) in [6.07, 6.45) is 0. The third-order valence-electron chi connectivity index (χ3n) is 3.10. The summed E-state index contributed by atoms with van der Waals surface area (Å²) in [6, 6.07) is 29.3. The normalized spacial score (nSPS) is 9.48. The molecule has 0 aromatic heterocycles. The van der Waals surface area contributed by atoms with Crippen molar-refractivity contribution in [1.29, 1.82) is 0 Å². The summed E-state index contributed by atoms with van der Waals surface area (Å²) in [6.45, 7) is 2.00. The van der Waals surface area contributed by atoms with E-state index in [1.807, 2.05) is 31.2 Å². The zero-order chi connectivity index (χ0) is 14.9. The maximum absolute atomic E-state index is 2.12. The van der Waals surface area contributed by atoms with E-state index in [-0.39, 0.29) is 0 Å². The molecule has 0 aliphatic rings. The maximum atomic E-state index is 2.12. The van der Waals surface area contributed by atoms with Gasteiger partial charge < -0.3 is 0 Å². The van der Waals surface area contributed by atoms with Crippen LogP contribution in [0.25, 0.3) is 21.5 Å². The second-order valence-electron chi connectivity index (χ2n) is 4.60. The van der Waals surface area contributed by atoms with E-state index in [2.05, 4.69) is 84.9 Å². The van der Waals surface area contributed by atoms with Crippen molar-refractivity contribution in [2.75, 3.05) is 0 Å². The Bertz CT molecular complexity index is 663. The first-order chi connectivity index (χ1) is 10.3. The van der Waals surface area contributed by atoms with Gasteiger partial charge in [-0.05, 0) is 0 Å². The van der Waals surface area contributed by atoms with Crippen molar-refractivity contribution in [3.05, 3.63) is 84.9 Å². The van der Waals surface area contributed by atoms with E-state index in [1.54, 1.807) is 0 Å². The van der Waals surface area contributed by atoms with Crippen LogP contribution in [0.3, 0.4) is 0 Å². The van der Waals surface area contributed by atoms with Crippen molar-refractivity contribution in [3.8, 4) is 0 Å². The molecule has 4 rings (SSSR count). The van der Waals surface area contributed by atoms with Gasteiger partial charge in [0.25, 0.3) is 0 Å². The van der Waals surface area contributed by atoms with Crippen LogP contribution in [0, 0.1) is 0 Å². The van der Waals surface area contributed by atoms with Crippen molar-refractivity contribution >= 4 is 25.9 Å². The van der Waals surface area contributed by atoms with Gasteiger partial charge in [0.1, 0.15) is 0 Å². The van der Waals surface area contributed by atoms with Crippen LogP contribution in [0.1, 0.15) is 6.92 Å². The summed E-state index contributed by atoms with van der Waals surface area (Å²) in [7, 11) is 0. The summed E-state index contributed by atoms with van der Waals surface area (Å²) in [5.41, 5.74) is 0. The van der Waals surface area contributed by atoms with Crippen LogP contribution in [0.15, 0.2) is 84.9 Å². The molecule has 0 saturated carbocycles. The minimum atomic E-state index is 1.33. The van der Waals surface area contributed by atoms with Crippen molar-refractivity contribution in [2.24, 2.45) is 0 Å². The standard InChI is InChI=1S/2C9H7.C2H4.Ti/c2*1-2-5-9-7-3-6-8(9)4-1;1-2;/h2*1-7H;1H,2H3;/q2*-1;;+2. The number of rotatable bonds is 0. The monoisotopic (exact) mass is 306 g/mol. The van der Waals surface area contributed by atoms with E-state index >= 15 is 0 Å². The van der Waals surface area contributed by atoms with E-state index in [4.69, 9.17) is 0 Å². The van der Waals surface area contributed by atoms with Crippen LogP contribution >= 0.6 is 0 Å². The van der Waals surface area contributed by atoms with Gasteiger partial charge in [0.15, 0.2) is 0 Å². The Labute approximate surface area is 137 Å². The first-order valence-electron chi connectivity index (χ1n) is 7.01. The van der Waals surface area contributed by atoms with Crippen molar-refractivity contribution in [1.82, 2.24) is 0 Å². The van der Waals surface area contributed by atoms with Gasteiger partial charge >= 0.3 is 31.2 Å². The average Bonchev–Trinajstić information content (AvgIpc) is 3.17. The molecule has 21 heavy (non-hydrogen) atoms. The number of hydrogen-bond acceptors (Lipinski definition) is 0. The summed E-state index contributed by atoms with van der Waals surface area (Å²) in [5, 5.41) is 5.32. The molecule has 0 spiro atoms. The second-order valence-corrected chi connectivity index (χ2v) is 5.50. The molecule has 0 bridgehead atoms. The topological polar surface area (TPSA) is 0 Å². The fourth-order valence-electron chi connectivity index (χ4n) is 2.14. The Morgan fingerprint density at radius 3 is 1.48 bits per heavy atom. The molecule has 1 heteroatoms. The van der Waals surface area contributed by atoms with Gasteiger partial charge in [-0.1, -0.05) is 12.1 Å². The van der Waals surface area contributed by atoms with Gasteiger partial charge in [0.05, 0.1) is 0 Å². The fourth-order valence-corrected chi connectivity index (χ4v) is 2.14. The average molecular weight is 306 g/mol. The molecule has 4 aromatic rings. The molecule has 0 atom stereocenters. The molecule has 0 amide bonds. The predicted octanol–water partition coefficient (Wildman–Crippen LogP) is 5.47. The number of fused-ring (bicyclic) bond motifs is 2. The van der Waals surface area contributed by atoms with Gasteiger partial charge in [-0.2, -0.15) is 35.0 Å². The Hall–Kier alpha value is -1.76. The Morgan fingerprint density at radius 1 is 0.714 bits per heavy atom. The molecule has 0 radical (unpaired) electrons. The molecule has 0 saturated heterocycles. The minimum Gasteiger partial charge on any atom is -0.168 e. The molecule has 102 valence electrons. The fraction of sp³-hybridized carbons (Fsp3) is 0.0500. The molecule has 0 fully saturated rings. The Morgan fingerprint density at radius 2 is 1.10 bits per heavy atom. The van der Waals surface area contributed by atoms with Gasteiger partial charge in [0.2, 0.25) is 0 Å². The SMILES string of the molecule is C[CH]=[Ti+2].c1ccc2[cH-]ccc2c1.c1ccc2[cH-]ccc2c1. The Balaban J connectivity index is 0.000000130. The smallest absolute Gasteiger partial charge is 0.0809 e. The second kappa shape index (κ2) is 8.51. The van der Waals surface area contributed by atoms with Crippen molar-refractivity contribution in [2.45, 2.75) is 6.92 Å². The molecule has 0 unspecified atom stereocenters. The number of hydrogen-bond donors (Lipinski definition) is 0. The van der Waals surface area contributed by atoms with Gasteiger partial charge in [0, 0.05) is 0 Å². The van der Waals surface area contributed by atoms with Gasteiger partial charge in [-0.25, -0.2) is 0 Å². The molecular formula is C20H18Ti. The van der Waals surface area contributed by atoms with E-state index in [9.17, 15) is 0 Å². The summed E-state index contributed by atoms with van der Waals surface area (Å²) >= 11 is 2.00. The van der Waals surface area contributed by atoms with Crippen LogP contribution in [-0.2, 0) is 20.0 Å². The van der Waals surface area contributed by atoms with E-state index < -0.39 is 0 Å². The molecule has 0 nitrogen and oxygen atoms in total. The van der Waals surface area contributed by atoms with Gasteiger partial charge in [-0.15, -0.1) is 59.3 Å². The molecular weight excluding hydrogens is 288 g/mol. The van der Waals surface area contributed by atoms with Crippen LogP contribution < -0.4 is 0 Å².